The van der Waals surface area contributed by atoms with Gasteiger partial charge in [-0.15, -0.1) is 0 Å². The molecule has 0 N–H and O–H groups in total. The first-order valence-electron chi connectivity index (χ1n) is 24.1. The van der Waals surface area contributed by atoms with Gasteiger partial charge in [0.25, 0.3) is 0 Å². The molecule has 1 heterocycles. The molecule has 0 radical (unpaired) electrons. The Morgan fingerprint density at radius 1 is 0.271 bits per heavy atom. The van der Waals surface area contributed by atoms with E-state index in [-0.39, 0.29) is 0 Å². The van der Waals surface area contributed by atoms with Crippen molar-refractivity contribution in [2.75, 3.05) is 4.90 Å². The minimum Gasteiger partial charge on any atom is -0.310 e. The van der Waals surface area contributed by atoms with Crippen molar-refractivity contribution in [1.82, 2.24) is 4.57 Å². The van der Waals surface area contributed by atoms with Crippen molar-refractivity contribution >= 4 is 60.4 Å². The minimum absolute atomic E-state index is 1.06. The van der Waals surface area contributed by atoms with E-state index in [4.69, 9.17) is 0 Å². The first-order chi connectivity index (χ1) is 34.7. The van der Waals surface area contributed by atoms with E-state index in [9.17, 15) is 0 Å². The summed E-state index contributed by atoms with van der Waals surface area (Å²) in [6.45, 7) is 0. The Labute approximate surface area is 408 Å². The molecule has 0 aliphatic rings. The van der Waals surface area contributed by atoms with Crippen LogP contribution in [0.4, 0.5) is 17.1 Å². The fraction of sp³-hybridized carbons (Fsp3) is 0. The highest BCUT2D eigenvalue weighted by Gasteiger charge is 2.24. The molecule has 0 aliphatic carbocycles. The van der Waals surface area contributed by atoms with Crippen molar-refractivity contribution < 1.29 is 0 Å². The molecule has 0 amide bonds. The van der Waals surface area contributed by atoms with Crippen molar-refractivity contribution in [3.8, 4) is 61.3 Å². The number of anilines is 3. The summed E-state index contributed by atoms with van der Waals surface area (Å²) < 4.78 is 2.43. The molecule has 0 atom stereocenters. The van der Waals surface area contributed by atoms with Crippen molar-refractivity contribution in [2.45, 2.75) is 0 Å². The van der Waals surface area contributed by atoms with Gasteiger partial charge in [0, 0.05) is 39.0 Å². The second-order valence-electron chi connectivity index (χ2n) is 18.0. The number of benzene rings is 12. The maximum atomic E-state index is 2.47. The number of hydrogen-bond acceptors (Lipinski definition) is 1. The fourth-order valence-electron chi connectivity index (χ4n) is 10.8. The Bertz CT molecular complexity index is 4040. The van der Waals surface area contributed by atoms with Crippen LogP contribution in [0.25, 0.3) is 105 Å². The molecule has 13 rings (SSSR count). The molecule has 1 aromatic heterocycles. The molecule has 0 bridgehead atoms. The third-order valence-electron chi connectivity index (χ3n) is 14.0. The van der Waals surface area contributed by atoms with Crippen LogP contribution in [0.15, 0.2) is 279 Å². The smallest absolute Gasteiger partial charge is 0.0619 e. The number of aromatic nitrogens is 1. The predicted molar refractivity (Wildman–Crippen MR) is 298 cm³/mol. The first-order valence-corrected chi connectivity index (χ1v) is 24.1. The Hall–Kier alpha value is -9.24. The molecule has 2 heteroatoms. The highest BCUT2D eigenvalue weighted by molar-refractivity contribution is 6.14. The summed E-state index contributed by atoms with van der Waals surface area (Å²) in [5.74, 6) is 0. The highest BCUT2D eigenvalue weighted by Crippen LogP contribution is 2.49. The molecule has 0 saturated heterocycles. The monoisotopic (exact) mass is 890 g/mol. The molecular formula is C68H46N2. The molecule has 12 aromatic carbocycles. The van der Waals surface area contributed by atoms with E-state index < -0.39 is 0 Å². The largest absolute Gasteiger partial charge is 0.310 e. The second-order valence-corrected chi connectivity index (χ2v) is 18.0. The number of hydrogen-bond donors (Lipinski definition) is 0. The SMILES string of the molecule is c1ccc(-c2ccccc2-c2c(-c3ccccc3)cccc2N(c2ccc(-c3ccc4c(ccc5ccccc54)c3)cc2)c2cccc(-c3cccc4c5ccccc5n(-c5ccccc5)c34)c2)cc1. The Morgan fingerprint density at radius 3 is 1.63 bits per heavy atom. The molecule has 13 aromatic rings. The topological polar surface area (TPSA) is 8.17 Å². The van der Waals surface area contributed by atoms with Crippen LogP contribution in [0.2, 0.25) is 0 Å². The lowest BCUT2D eigenvalue weighted by Crippen LogP contribution is -2.12. The molecule has 2 nitrogen and oxygen atoms in total. The van der Waals surface area contributed by atoms with Gasteiger partial charge in [0.05, 0.1) is 16.7 Å². The summed E-state index contributed by atoms with van der Waals surface area (Å²) in [6.07, 6.45) is 0. The number of rotatable bonds is 9. The molecule has 0 saturated carbocycles. The summed E-state index contributed by atoms with van der Waals surface area (Å²) in [5.41, 5.74) is 18.4. The summed E-state index contributed by atoms with van der Waals surface area (Å²) in [5, 5.41) is 7.51. The summed E-state index contributed by atoms with van der Waals surface area (Å²) in [4.78, 5) is 2.47. The molecule has 0 spiro atoms. The molecule has 328 valence electrons. The van der Waals surface area contributed by atoms with Crippen LogP contribution in [0.1, 0.15) is 0 Å². The minimum atomic E-state index is 1.06. The van der Waals surface area contributed by atoms with E-state index >= 15 is 0 Å². The van der Waals surface area contributed by atoms with E-state index in [1.54, 1.807) is 0 Å². The number of fused-ring (bicyclic) bond motifs is 6. The average molecular weight is 891 g/mol. The van der Waals surface area contributed by atoms with E-state index in [1.165, 1.54) is 82.3 Å². The van der Waals surface area contributed by atoms with Crippen LogP contribution in [-0.2, 0) is 0 Å². The van der Waals surface area contributed by atoms with Gasteiger partial charge >= 0.3 is 0 Å². The molecule has 0 aliphatic heterocycles. The van der Waals surface area contributed by atoms with Crippen LogP contribution < -0.4 is 4.90 Å². The van der Waals surface area contributed by atoms with Crippen LogP contribution in [-0.4, -0.2) is 4.57 Å². The first kappa shape index (κ1) is 41.0. The molecular weight excluding hydrogens is 845 g/mol. The highest BCUT2D eigenvalue weighted by atomic mass is 15.1. The Kier molecular flexibility index (Phi) is 10.2. The lowest BCUT2D eigenvalue weighted by molar-refractivity contribution is 1.18. The zero-order chi connectivity index (χ0) is 46.4. The van der Waals surface area contributed by atoms with Gasteiger partial charge in [0.15, 0.2) is 0 Å². The number of nitrogens with zero attached hydrogens (tertiary/aromatic N) is 2. The van der Waals surface area contributed by atoms with E-state index in [0.717, 1.165) is 39.4 Å². The Morgan fingerprint density at radius 2 is 0.829 bits per heavy atom. The van der Waals surface area contributed by atoms with Crippen LogP contribution in [0, 0.1) is 0 Å². The lowest BCUT2D eigenvalue weighted by Gasteiger charge is -2.30. The lowest BCUT2D eigenvalue weighted by atomic mass is 9.87. The van der Waals surface area contributed by atoms with E-state index in [2.05, 4.69) is 289 Å². The quantitative estimate of drug-likeness (QED) is 0.131. The van der Waals surface area contributed by atoms with Gasteiger partial charge in [-0.2, -0.15) is 0 Å². The van der Waals surface area contributed by atoms with Crippen LogP contribution in [0.3, 0.4) is 0 Å². The predicted octanol–water partition coefficient (Wildman–Crippen LogP) is 18.9. The third kappa shape index (κ3) is 7.13. The molecule has 0 unspecified atom stereocenters. The van der Waals surface area contributed by atoms with Gasteiger partial charge in [0.2, 0.25) is 0 Å². The maximum absolute atomic E-state index is 2.47. The summed E-state index contributed by atoms with van der Waals surface area (Å²) in [6, 6.07) is 102. The van der Waals surface area contributed by atoms with Crippen LogP contribution >= 0.6 is 0 Å². The van der Waals surface area contributed by atoms with Gasteiger partial charge in [-0.3, -0.25) is 0 Å². The van der Waals surface area contributed by atoms with Crippen molar-refractivity contribution in [3.05, 3.63) is 279 Å². The zero-order valence-corrected chi connectivity index (χ0v) is 38.5. The van der Waals surface area contributed by atoms with Crippen molar-refractivity contribution in [3.63, 3.8) is 0 Å². The molecule has 70 heavy (non-hydrogen) atoms. The van der Waals surface area contributed by atoms with Gasteiger partial charge < -0.3 is 9.47 Å². The van der Waals surface area contributed by atoms with E-state index in [1.807, 2.05) is 0 Å². The van der Waals surface area contributed by atoms with Gasteiger partial charge in [-0.1, -0.05) is 224 Å². The van der Waals surface area contributed by atoms with Crippen molar-refractivity contribution in [1.29, 1.82) is 0 Å². The maximum Gasteiger partial charge on any atom is 0.0619 e. The Balaban J connectivity index is 1.04. The normalized spacial score (nSPS) is 11.4. The average Bonchev–Trinajstić information content (AvgIpc) is 3.78. The standard InChI is InChI=1S/C68H46N2/c1-4-19-48(20-5-1)58-29-12-13-31-63(58)67-60(49-21-6-2-7-22-49)32-18-36-66(67)69(55-42-39-47(40-43-55)51-41-44-59-53(45-51)38-37-50-23-10-11-28-57(50)59)56-27-16-24-52(46-56)61-33-17-34-64-62-30-14-15-35-65(62)70(68(61)64)54-25-8-3-9-26-54/h1-46H. The van der Waals surface area contributed by atoms with Crippen molar-refractivity contribution in [2.24, 2.45) is 0 Å². The zero-order valence-electron chi connectivity index (χ0n) is 38.5. The number of para-hydroxylation sites is 3. The fourth-order valence-corrected chi connectivity index (χ4v) is 10.8. The van der Waals surface area contributed by atoms with Gasteiger partial charge in [-0.25, -0.2) is 0 Å². The second kappa shape index (κ2) is 17.4. The molecule has 0 fully saturated rings. The van der Waals surface area contributed by atoms with Gasteiger partial charge in [-0.05, 0) is 121 Å². The van der Waals surface area contributed by atoms with E-state index in [0.29, 0.717) is 0 Å². The third-order valence-corrected chi connectivity index (χ3v) is 14.0. The summed E-state index contributed by atoms with van der Waals surface area (Å²) in [7, 11) is 0. The summed E-state index contributed by atoms with van der Waals surface area (Å²) >= 11 is 0. The van der Waals surface area contributed by atoms with Gasteiger partial charge in [0.1, 0.15) is 0 Å². The van der Waals surface area contributed by atoms with Crippen LogP contribution in [0.5, 0.6) is 0 Å².